The summed E-state index contributed by atoms with van der Waals surface area (Å²) in [4.78, 5) is 18.0. The van der Waals surface area contributed by atoms with Gasteiger partial charge in [0.15, 0.2) is 0 Å². The fourth-order valence-corrected chi connectivity index (χ4v) is 2.71. The van der Waals surface area contributed by atoms with E-state index in [0.29, 0.717) is 11.9 Å². The van der Waals surface area contributed by atoms with Gasteiger partial charge in [-0.05, 0) is 44.8 Å². The molecule has 0 saturated carbocycles. The smallest absolute Gasteiger partial charge is 0.229 e. The molecule has 0 unspecified atom stereocenters. The molecule has 23 heavy (non-hydrogen) atoms. The summed E-state index contributed by atoms with van der Waals surface area (Å²) in [5.41, 5.74) is 0. The van der Waals surface area contributed by atoms with E-state index in [4.69, 9.17) is 0 Å². The highest BCUT2D eigenvalue weighted by atomic mass is 15.3. The minimum absolute atomic E-state index is 0.299. The number of hydrogen-bond acceptors (Lipinski definition) is 6. The Morgan fingerprint density at radius 2 is 1.87 bits per heavy atom. The van der Waals surface area contributed by atoms with Gasteiger partial charge < -0.3 is 15.1 Å². The Kier molecular flexibility index (Phi) is 6.57. The maximum Gasteiger partial charge on any atom is 0.229 e. The largest absolute Gasteiger partial charge is 0.354 e. The van der Waals surface area contributed by atoms with Gasteiger partial charge in [0.1, 0.15) is 5.82 Å². The number of anilines is 2. The van der Waals surface area contributed by atoms with Crippen LogP contribution < -0.4 is 10.2 Å². The zero-order valence-corrected chi connectivity index (χ0v) is 15.3. The first-order chi connectivity index (χ1) is 11.0. The highest BCUT2D eigenvalue weighted by molar-refractivity contribution is 5.36. The molecule has 1 saturated heterocycles. The van der Waals surface area contributed by atoms with E-state index in [1.807, 2.05) is 19.0 Å². The summed E-state index contributed by atoms with van der Waals surface area (Å²) in [6, 6.07) is 0. The zero-order chi connectivity index (χ0) is 16.8. The van der Waals surface area contributed by atoms with Crippen molar-refractivity contribution in [2.75, 3.05) is 50.5 Å². The van der Waals surface area contributed by atoms with Crippen molar-refractivity contribution < 1.29 is 0 Å². The number of nitrogens with zero attached hydrogens (tertiary/aromatic N) is 5. The van der Waals surface area contributed by atoms with Gasteiger partial charge in [-0.1, -0.05) is 20.8 Å². The van der Waals surface area contributed by atoms with Crippen LogP contribution in [0.5, 0.6) is 0 Å². The Bertz CT molecular complexity index is 454. The predicted octanol–water partition coefficient (Wildman–Crippen LogP) is 2.59. The zero-order valence-electron chi connectivity index (χ0n) is 15.3. The van der Waals surface area contributed by atoms with Crippen molar-refractivity contribution in [1.82, 2.24) is 19.9 Å². The number of aromatic nitrogens is 3. The molecule has 0 radical (unpaired) electrons. The van der Waals surface area contributed by atoms with Crippen LogP contribution in [0.1, 0.15) is 51.8 Å². The number of likely N-dealkylation sites (tertiary alicyclic amines) is 1. The molecule has 130 valence electrons. The van der Waals surface area contributed by atoms with Crippen LogP contribution in [-0.4, -0.2) is 60.1 Å². The molecule has 2 heterocycles. The minimum atomic E-state index is 0.299. The molecule has 1 aromatic rings. The van der Waals surface area contributed by atoms with Gasteiger partial charge in [0, 0.05) is 26.6 Å². The molecule has 2 rings (SSSR count). The lowest BCUT2D eigenvalue weighted by molar-refractivity contribution is 0.192. The summed E-state index contributed by atoms with van der Waals surface area (Å²) in [5.74, 6) is 3.45. The number of rotatable bonds is 7. The molecular weight excluding hydrogens is 288 g/mol. The fourth-order valence-electron chi connectivity index (χ4n) is 2.71. The highest BCUT2D eigenvalue weighted by Crippen LogP contribution is 2.16. The molecule has 0 spiro atoms. The third-order valence-corrected chi connectivity index (χ3v) is 4.37. The quantitative estimate of drug-likeness (QED) is 0.779. The van der Waals surface area contributed by atoms with Crippen LogP contribution in [-0.2, 0) is 0 Å². The van der Waals surface area contributed by atoms with Crippen LogP contribution in [0.2, 0.25) is 0 Å². The predicted molar refractivity (Wildman–Crippen MR) is 96.2 cm³/mol. The summed E-state index contributed by atoms with van der Waals surface area (Å²) in [6.45, 7) is 11.1. The Morgan fingerprint density at radius 1 is 1.17 bits per heavy atom. The molecule has 0 aromatic carbocycles. The topological polar surface area (TPSA) is 57.2 Å². The highest BCUT2D eigenvalue weighted by Gasteiger charge is 2.15. The maximum absolute atomic E-state index is 4.54. The Balaban J connectivity index is 1.82. The summed E-state index contributed by atoms with van der Waals surface area (Å²) in [5, 5.41) is 3.37. The van der Waals surface area contributed by atoms with E-state index < -0.39 is 0 Å². The first-order valence-electron chi connectivity index (χ1n) is 8.85. The Hall–Kier alpha value is -1.43. The Morgan fingerprint density at radius 3 is 2.48 bits per heavy atom. The van der Waals surface area contributed by atoms with Crippen molar-refractivity contribution in [3.05, 3.63) is 5.82 Å². The molecule has 0 aliphatic carbocycles. The van der Waals surface area contributed by atoms with Gasteiger partial charge in [-0.3, -0.25) is 0 Å². The van der Waals surface area contributed by atoms with Crippen LogP contribution in [0.25, 0.3) is 0 Å². The normalized spacial score (nSPS) is 16.8. The molecule has 0 atom stereocenters. The lowest BCUT2D eigenvalue weighted by Crippen LogP contribution is -2.34. The van der Waals surface area contributed by atoms with Crippen molar-refractivity contribution in [2.45, 2.75) is 46.0 Å². The van der Waals surface area contributed by atoms with Crippen molar-refractivity contribution in [3.63, 3.8) is 0 Å². The Labute approximate surface area is 140 Å². The molecule has 6 nitrogen and oxygen atoms in total. The second kappa shape index (κ2) is 8.43. The van der Waals surface area contributed by atoms with Crippen LogP contribution >= 0.6 is 0 Å². The summed E-state index contributed by atoms with van der Waals surface area (Å²) in [7, 11) is 3.92. The molecule has 0 bridgehead atoms. The van der Waals surface area contributed by atoms with Crippen LogP contribution in [0.3, 0.4) is 0 Å². The van der Waals surface area contributed by atoms with E-state index in [0.717, 1.165) is 37.2 Å². The molecule has 1 fully saturated rings. The lowest BCUT2D eigenvalue weighted by Gasteiger charge is -2.30. The van der Waals surface area contributed by atoms with E-state index in [2.05, 4.69) is 45.9 Å². The standard InChI is InChI=1S/C17H32N6/c1-13(2)15-19-16(21-17(20-15)22(4)5)18-9-6-10-23-11-7-14(3)8-12-23/h13-14H,6-12H2,1-5H3,(H,18,19,20,21). The van der Waals surface area contributed by atoms with Gasteiger partial charge in [-0.25, -0.2) is 0 Å². The van der Waals surface area contributed by atoms with E-state index >= 15 is 0 Å². The fraction of sp³-hybridized carbons (Fsp3) is 0.824. The second-order valence-electron chi connectivity index (χ2n) is 7.17. The third-order valence-electron chi connectivity index (χ3n) is 4.37. The summed E-state index contributed by atoms with van der Waals surface area (Å²) < 4.78 is 0. The van der Waals surface area contributed by atoms with Gasteiger partial charge in [0.25, 0.3) is 0 Å². The average Bonchev–Trinajstić information content (AvgIpc) is 2.53. The van der Waals surface area contributed by atoms with Crippen molar-refractivity contribution in [3.8, 4) is 0 Å². The van der Waals surface area contributed by atoms with Crippen LogP contribution in [0.4, 0.5) is 11.9 Å². The summed E-state index contributed by atoms with van der Waals surface area (Å²) >= 11 is 0. The van der Waals surface area contributed by atoms with Gasteiger partial charge in [-0.15, -0.1) is 0 Å². The van der Waals surface area contributed by atoms with E-state index in [-0.39, 0.29) is 0 Å². The van der Waals surface area contributed by atoms with Crippen molar-refractivity contribution in [2.24, 2.45) is 5.92 Å². The number of nitrogens with one attached hydrogen (secondary N) is 1. The van der Waals surface area contributed by atoms with Gasteiger partial charge >= 0.3 is 0 Å². The second-order valence-corrected chi connectivity index (χ2v) is 7.17. The minimum Gasteiger partial charge on any atom is -0.354 e. The van der Waals surface area contributed by atoms with Crippen molar-refractivity contribution >= 4 is 11.9 Å². The lowest BCUT2D eigenvalue weighted by atomic mass is 9.99. The molecule has 0 amide bonds. The molecular formula is C17H32N6. The number of piperidine rings is 1. The van der Waals surface area contributed by atoms with Gasteiger partial charge in [0.2, 0.25) is 11.9 Å². The monoisotopic (exact) mass is 320 g/mol. The first-order valence-corrected chi connectivity index (χ1v) is 8.85. The molecule has 1 N–H and O–H groups in total. The average molecular weight is 320 g/mol. The van der Waals surface area contributed by atoms with E-state index in [1.54, 1.807) is 0 Å². The van der Waals surface area contributed by atoms with Gasteiger partial charge in [-0.2, -0.15) is 15.0 Å². The third kappa shape index (κ3) is 5.61. The molecule has 6 heteroatoms. The first kappa shape index (κ1) is 17.9. The van der Waals surface area contributed by atoms with Crippen molar-refractivity contribution in [1.29, 1.82) is 0 Å². The molecule has 1 aliphatic rings. The molecule has 1 aliphatic heterocycles. The van der Waals surface area contributed by atoms with Gasteiger partial charge in [0.05, 0.1) is 0 Å². The SMILES string of the molecule is CC1CCN(CCCNc2nc(C(C)C)nc(N(C)C)n2)CC1. The molecule has 1 aromatic heterocycles. The van der Waals surface area contributed by atoms with E-state index in [9.17, 15) is 0 Å². The summed E-state index contributed by atoms with van der Waals surface area (Å²) in [6.07, 6.45) is 3.80. The maximum atomic E-state index is 4.54. The van der Waals surface area contributed by atoms with E-state index in [1.165, 1.54) is 25.9 Å². The van der Waals surface area contributed by atoms with Crippen LogP contribution in [0.15, 0.2) is 0 Å². The number of hydrogen-bond donors (Lipinski definition) is 1. The van der Waals surface area contributed by atoms with Crippen LogP contribution in [0, 0.1) is 5.92 Å².